The molecule has 0 aliphatic rings. The van der Waals surface area contributed by atoms with Crippen molar-refractivity contribution in [1.82, 2.24) is 19.7 Å². The number of aryl methyl sites for hydroxylation is 1. The molecule has 0 saturated carbocycles. The first-order valence-corrected chi connectivity index (χ1v) is 8.58. The predicted molar refractivity (Wildman–Crippen MR) is 91.5 cm³/mol. The van der Waals surface area contributed by atoms with Gasteiger partial charge in [-0.1, -0.05) is 30.3 Å². The third-order valence-electron chi connectivity index (χ3n) is 3.46. The summed E-state index contributed by atoms with van der Waals surface area (Å²) < 4.78 is 7.51. The molecule has 0 amide bonds. The Kier molecular flexibility index (Phi) is 4.83. The minimum absolute atomic E-state index is 0.0322. The number of ether oxygens (including phenoxy) is 1. The summed E-state index contributed by atoms with van der Waals surface area (Å²) in [7, 11) is 0. The molecule has 0 spiro atoms. The molecule has 0 fully saturated rings. The van der Waals surface area contributed by atoms with Crippen LogP contribution in [-0.2, 0) is 11.3 Å². The maximum atomic E-state index is 5.60. The van der Waals surface area contributed by atoms with Crippen LogP contribution in [0.5, 0.6) is 0 Å². The van der Waals surface area contributed by atoms with Crippen LogP contribution in [0.25, 0.3) is 11.4 Å². The third kappa shape index (κ3) is 3.65. The highest BCUT2D eigenvalue weighted by Gasteiger charge is 2.14. The fraction of sp³-hybridized carbons (Fsp3) is 0.353. The molecule has 3 aromatic rings. The molecule has 120 valence electrons. The highest BCUT2D eigenvalue weighted by atomic mass is 32.1. The van der Waals surface area contributed by atoms with E-state index in [0.29, 0.717) is 13.2 Å². The second kappa shape index (κ2) is 7.02. The maximum Gasteiger partial charge on any atom is 0.158 e. The molecule has 1 aromatic carbocycles. The Labute approximate surface area is 140 Å². The average molecular weight is 328 g/mol. The molecule has 2 aromatic heterocycles. The van der Waals surface area contributed by atoms with E-state index in [9.17, 15) is 0 Å². The topological polar surface area (TPSA) is 52.8 Å². The van der Waals surface area contributed by atoms with Gasteiger partial charge in [-0.2, -0.15) is 5.10 Å². The highest BCUT2D eigenvalue weighted by Crippen LogP contribution is 2.23. The number of hydrogen-bond acceptors (Lipinski definition) is 5. The van der Waals surface area contributed by atoms with Crippen molar-refractivity contribution in [3.05, 3.63) is 52.2 Å². The van der Waals surface area contributed by atoms with Gasteiger partial charge in [-0.15, -0.1) is 11.3 Å². The van der Waals surface area contributed by atoms with Crippen molar-refractivity contribution in [2.24, 2.45) is 0 Å². The van der Waals surface area contributed by atoms with Gasteiger partial charge < -0.3 is 4.74 Å². The predicted octanol–water partition coefficient (Wildman–Crippen LogP) is 3.86. The Morgan fingerprint density at radius 3 is 2.74 bits per heavy atom. The minimum atomic E-state index is 0.0322. The lowest BCUT2D eigenvalue weighted by Gasteiger charge is -2.07. The molecule has 6 heteroatoms. The van der Waals surface area contributed by atoms with Gasteiger partial charge in [0.2, 0.25) is 0 Å². The lowest BCUT2D eigenvalue weighted by Crippen LogP contribution is -2.05. The highest BCUT2D eigenvalue weighted by molar-refractivity contribution is 7.09. The van der Waals surface area contributed by atoms with Gasteiger partial charge in [-0.25, -0.2) is 14.6 Å². The second-order valence-corrected chi connectivity index (χ2v) is 6.17. The van der Waals surface area contributed by atoms with E-state index in [1.165, 1.54) is 0 Å². The zero-order chi connectivity index (χ0) is 16.2. The minimum Gasteiger partial charge on any atom is -0.372 e. The number of hydrogen-bond donors (Lipinski definition) is 0. The normalized spacial score (nSPS) is 12.5. The van der Waals surface area contributed by atoms with Crippen molar-refractivity contribution >= 4 is 11.3 Å². The van der Waals surface area contributed by atoms with Crippen molar-refractivity contribution in [2.45, 2.75) is 33.4 Å². The van der Waals surface area contributed by atoms with E-state index in [4.69, 9.17) is 4.74 Å². The maximum absolute atomic E-state index is 5.60. The van der Waals surface area contributed by atoms with Gasteiger partial charge >= 0.3 is 0 Å². The summed E-state index contributed by atoms with van der Waals surface area (Å²) in [4.78, 5) is 9.22. The molecule has 0 aliphatic carbocycles. The van der Waals surface area contributed by atoms with Crippen LogP contribution in [0.2, 0.25) is 0 Å². The Bertz CT molecular complexity index is 766. The van der Waals surface area contributed by atoms with E-state index in [1.54, 1.807) is 11.3 Å². The van der Waals surface area contributed by atoms with Gasteiger partial charge in [0, 0.05) is 17.6 Å². The SMILES string of the molecule is CCOC(C)c1nc(Cn2nc(C)nc2-c2ccccc2)cs1. The van der Waals surface area contributed by atoms with Crippen LogP contribution in [-0.4, -0.2) is 26.4 Å². The lowest BCUT2D eigenvalue weighted by atomic mass is 10.2. The number of nitrogens with zero attached hydrogens (tertiary/aromatic N) is 4. The van der Waals surface area contributed by atoms with E-state index >= 15 is 0 Å². The van der Waals surface area contributed by atoms with Crippen LogP contribution < -0.4 is 0 Å². The zero-order valence-corrected chi connectivity index (χ0v) is 14.4. The van der Waals surface area contributed by atoms with Gasteiger partial charge in [-0.3, -0.25) is 0 Å². The monoisotopic (exact) mass is 328 g/mol. The van der Waals surface area contributed by atoms with Crippen molar-refractivity contribution in [2.75, 3.05) is 6.61 Å². The fourth-order valence-corrected chi connectivity index (χ4v) is 3.24. The first-order chi connectivity index (χ1) is 11.2. The molecular weight excluding hydrogens is 308 g/mol. The van der Waals surface area contributed by atoms with Gasteiger partial charge in [0.15, 0.2) is 5.82 Å². The molecule has 0 radical (unpaired) electrons. The summed E-state index contributed by atoms with van der Waals surface area (Å²) >= 11 is 1.63. The molecule has 2 heterocycles. The van der Waals surface area contributed by atoms with Gasteiger partial charge in [0.1, 0.15) is 16.9 Å². The van der Waals surface area contributed by atoms with E-state index in [-0.39, 0.29) is 6.10 Å². The first kappa shape index (κ1) is 15.8. The van der Waals surface area contributed by atoms with E-state index in [1.807, 2.05) is 55.8 Å². The zero-order valence-electron chi connectivity index (χ0n) is 13.6. The van der Waals surface area contributed by atoms with Crippen LogP contribution in [0, 0.1) is 6.92 Å². The molecule has 0 N–H and O–H groups in total. The molecule has 1 unspecified atom stereocenters. The molecule has 5 nitrogen and oxygen atoms in total. The Balaban J connectivity index is 1.84. The third-order valence-corrected chi connectivity index (χ3v) is 4.51. The number of benzene rings is 1. The van der Waals surface area contributed by atoms with E-state index < -0.39 is 0 Å². The smallest absolute Gasteiger partial charge is 0.158 e. The summed E-state index contributed by atoms with van der Waals surface area (Å²) in [6.07, 6.45) is 0.0322. The first-order valence-electron chi connectivity index (χ1n) is 7.70. The standard InChI is InChI=1S/C17H20N4OS/c1-4-22-12(2)17-19-15(11-23-17)10-21-16(18-13(3)20-21)14-8-6-5-7-9-14/h5-9,11-12H,4,10H2,1-3H3. The Morgan fingerprint density at radius 2 is 2.00 bits per heavy atom. The van der Waals surface area contributed by atoms with E-state index in [0.717, 1.165) is 27.9 Å². The van der Waals surface area contributed by atoms with Crippen LogP contribution in [0.1, 0.15) is 36.5 Å². The van der Waals surface area contributed by atoms with Crippen molar-refractivity contribution in [3.8, 4) is 11.4 Å². The van der Waals surface area contributed by atoms with Crippen LogP contribution in [0.4, 0.5) is 0 Å². The summed E-state index contributed by atoms with van der Waals surface area (Å²) in [5.74, 6) is 1.64. The van der Waals surface area contributed by atoms with Crippen LogP contribution >= 0.6 is 11.3 Å². The molecule has 0 saturated heterocycles. The quantitative estimate of drug-likeness (QED) is 0.689. The van der Waals surface area contributed by atoms with Crippen molar-refractivity contribution < 1.29 is 4.74 Å². The van der Waals surface area contributed by atoms with Crippen LogP contribution in [0.3, 0.4) is 0 Å². The Hall–Kier alpha value is -2.05. The molecule has 1 atom stereocenters. The molecule has 0 bridgehead atoms. The largest absolute Gasteiger partial charge is 0.372 e. The molecule has 23 heavy (non-hydrogen) atoms. The number of aromatic nitrogens is 4. The molecular formula is C17H20N4OS. The summed E-state index contributed by atoms with van der Waals surface area (Å²) in [6.45, 7) is 7.24. The second-order valence-electron chi connectivity index (χ2n) is 5.28. The van der Waals surface area contributed by atoms with Gasteiger partial charge in [-0.05, 0) is 20.8 Å². The molecule has 3 rings (SSSR count). The fourth-order valence-electron chi connectivity index (χ4n) is 2.42. The van der Waals surface area contributed by atoms with Crippen molar-refractivity contribution in [3.63, 3.8) is 0 Å². The van der Waals surface area contributed by atoms with Gasteiger partial charge in [0.05, 0.1) is 12.2 Å². The molecule has 0 aliphatic heterocycles. The van der Waals surface area contributed by atoms with Crippen molar-refractivity contribution in [1.29, 1.82) is 0 Å². The summed E-state index contributed by atoms with van der Waals surface area (Å²) in [5.41, 5.74) is 2.05. The van der Waals surface area contributed by atoms with Gasteiger partial charge in [0.25, 0.3) is 0 Å². The summed E-state index contributed by atoms with van der Waals surface area (Å²) in [6, 6.07) is 10.1. The van der Waals surface area contributed by atoms with Crippen LogP contribution in [0.15, 0.2) is 35.7 Å². The number of rotatable bonds is 6. The number of thiazole rings is 1. The lowest BCUT2D eigenvalue weighted by molar-refractivity contribution is 0.0761. The summed E-state index contributed by atoms with van der Waals surface area (Å²) in [5, 5.41) is 7.58. The van der Waals surface area contributed by atoms with E-state index in [2.05, 4.69) is 20.4 Å². The average Bonchev–Trinajstić information content (AvgIpc) is 3.16. The Morgan fingerprint density at radius 1 is 1.22 bits per heavy atom.